The van der Waals surface area contributed by atoms with Crippen LogP contribution in [-0.4, -0.2) is 71.0 Å². The maximum absolute atomic E-state index is 5.63. The molecule has 2 rings (SSSR count). The maximum atomic E-state index is 5.63. The Balaban J connectivity index is 1.71. The number of ether oxygens (including phenoxy) is 2. The first kappa shape index (κ1) is 20.4. The Hall–Kier alpha value is -1.95. The molecule has 0 aliphatic carbocycles. The van der Waals surface area contributed by atoms with Crippen molar-refractivity contribution in [2.24, 2.45) is 10.9 Å². The van der Waals surface area contributed by atoms with Crippen LogP contribution in [0.2, 0.25) is 0 Å². The first-order valence-corrected chi connectivity index (χ1v) is 9.56. The molecule has 1 N–H and O–H groups in total. The van der Waals surface area contributed by atoms with Crippen LogP contribution in [0.15, 0.2) is 29.3 Å². The summed E-state index contributed by atoms with van der Waals surface area (Å²) in [7, 11) is 3.55. The van der Waals surface area contributed by atoms with E-state index in [4.69, 9.17) is 9.47 Å². The first-order chi connectivity index (χ1) is 12.6. The van der Waals surface area contributed by atoms with Gasteiger partial charge in [0.1, 0.15) is 5.75 Å². The van der Waals surface area contributed by atoms with Gasteiger partial charge in [0.2, 0.25) is 0 Å². The maximum Gasteiger partial charge on any atom is 0.193 e. The quantitative estimate of drug-likeness (QED) is 0.437. The number of methoxy groups -OCH3 is 1. The minimum atomic E-state index is 0.595. The number of rotatable bonds is 8. The summed E-state index contributed by atoms with van der Waals surface area (Å²) in [4.78, 5) is 9.17. The van der Waals surface area contributed by atoms with E-state index in [1.165, 1.54) is 5.69 Å². The van der Waals surface area contributed by atoms with Gasteiger partial charge >= 0.3 is 0 Å². The Morgan fingerprint density at radius 2 is 1.85 bits per heavy atom. The SMILES string of the molecule is CN=C(NCCCOCC(C)C)N1CCN(c2ccc(OC)cc2)CC1. The van der Waals surface area contributed by atoms with Gasteiger partial charge in [0.15, 0.2) is 5.96 Å². The zero-order chi connectivity index (χ0) is 18.8. The molecule has 0 aromatic heterocycles. The summed E-state index contributed by atoms with van der Waals surface area (Å²) in [5.74, 6) is 2.48. The molecule has 1 aliphatic heterocycles. The van der Waals surface area contributed by atoms with Crippen LogP contribution in [0.1, 0.15) is 20.3 Å². The average molecular weight is 363 g/mol. The average Bonchev–Trinajstić information content (AvgIpc) is 2.67. The molecule has 0 spiro atoms. The summed E-state index contributed by atoms with van der Waals surface area (Å²) < 4.78 is 10.9. The van der Waals surface area contributed by atoms with Crippen molar-refractivity contribution in [2.75, 3.05) is 65.0 Å². The normalized spacial score (nSPS) is 15.5. The number of hydrogen-bond donors (Lipinski definition) is 1. The van der Waals surface area contributed by atoms with E-state index in [-0.39, 0.29) is 0 Å². The molecule has 1 fully saturated rings. The van der Waals surface area contributed by atoms with E-state index in [9.17, 15) is 0 Å². The lowest BCUT2D eigenvalue weighted by Crippen LogP contribution is -2.52. The number of nitrogens with one attached hydrogen (secondary N) is 1. The van der Waals surface area contributed by atoms with Gasteiger partial charge in [-0.25, -0.2) is 0 Å². The van der Waals surface area contributed by atoms with Gasteiger partial charge in [-0.3, -0.25) is 4.99 Å². The smallest absolute Gasteiger partial charge is 0.193 e. The third-order valence-electron chi connectivity index (χ3n) is 4.43. The van der Waals surface area contributed by atoms with Gasteiger partial charge in [0.05, 0.1) is 7.11 Å². The van der Waals surface area contributed by atoms with Crippen molar-refractivity contribution in [3.8, 4) is 5.75 Å². The highest BCUT2D eigenvalue weighted by Crippen LogP contribution is 2.20. The lowest BCUT2D eigenvalue weighted by atomic mass is 10.2. The van der Waals surface area contributed by atoms with Crippen LogP contribution in [0.3, 0.4) is 0 Å². The molecule has 0 bridgehead atoms. The lowest BCUT2D eigenvalue weighted by molar-refractivity contribution is 0.108. The molecule has 1 heterocycles. The fraction of sp³-hybridized carbons (Fsp3) is 0.650. The Labute approximate surface area is 158 Å². The summed E-state index contributed by atoms with van der Waals surface area (Å²) >= 11 is 0. The van der Waals surface area contributed by atoms with Crippen molar-refractivity contribution in [1.29, 1.82) is 0 Å². The monoisotopic (exact) mass is 362 g/mol. The third kappa shape index (κ3) is 6.41. The lowest BCUT2D eigenvalue weighted by Gasteiger charge is -2.37. The fourth-order valence-electron chi connectivity index (χ4n) is 3.00. The largest absolute Gasteiger partial charge is 0.497 e. The van der Waals surface area contributed by atoms with Crippen LogP contribution in [0.5, 0.6) is 5.75 Å². The van der Waals surface area contributed by atoms with Crippen LogP contribution in [0.25, 0.3) is 0 Å². The van der Waals surface area contributed by atoms with Gasteiger partial charge in [-0.2, -0.15) is 0 Å². The zero-order valence-corrected chi connectivity index (χ0v) is 16.7. The van der Waals surface area contributed by atoms with E-state index in [1.807, 2.05) is 19.2 Å². The molecule has 6 heteroatoms. The van der Waals surface area contributed by atoms with Crippen LogP contribution in [-0.2, 0) is 4.74 Å². The summed E-state index contributed by atoms with van der Waals surface area (Å²) in [6.45, 7) is 10.8. The van der Waals surface area contributed by atoms with Gasteiger partial charge in [0, 0.05) is 58.7 Å². The van der Waals surface area contributed by atoms with Crippen molar-refractivity contribution in [3.05, 3.63) is 24.3 Å². The predicted octanol–water partition coefficient (Wildman–Crippen LogP) is 2.46. The molecular formula is C20H34N4O2. The van der Waals surface area contributed by atoms with Crippen molar-refractivity contribution in [1.82, 2.24) is 10.2 Å². The number of hydrogen-bond acceptors (Lipinski definition) is 4. The number of piperazine rings is 1. The molecule has 1 aromatic carbocycles. The number of guanidine groups is 1. The fourth-order valence-corrected chi connectivity index (χ4v) is 3.00. The highest BCUT2D eigenvalue weighted by atomic mass is 16.5. The summed E-state index contributed by atoms with van der Waals surface area (Å²) in [6, 6.07) is 8.28. The van der Waals surface area contributed by atoms with Gasteiger partial charge in [-0.1, -0.05) is 13.8 Å². The van der Waals surface area contributed by atoms with E-state index in [1.54, 1.807) is 7.11 Å². The number of benzene rings is 1. The number of anilines is 1. The van der Waals surface area contributed by atoms with E-state index in [0.29, 0.717) is 5.92 Å². The van der Waals surface area contributed by atoms with Crippen molar-refractivity contribution >= 4 is 11.6 Å². The summed E-state index contributed by atoms with van der Waals surface area (Å²) in [5, 5.41) is 3.46. The molecule has 0 atom stereocenters. The number of nitrogens with zero attached hydrogens (tertiary/aromatic N) is 3. The molecule has 26 heavy (non-hydrogen) atoms. The van der Waals surface area contributed by atoms with Crippen LogP contribution < -0.4 is 15.0 Å². The molecule has 0 unspecified atom stereocenters. The zero-order valence-electron chi connectivity index (χ0n) is 16.7. The standard InChI is InChI=1S/C20H34N4O2/c1-17(2)16-26-15-5-10-22-20(21-3)24-13-11-23(12-14-24)18-6-8-19(25-4)9-7-18/h6-9,17H,5,10-16H2,1-4H3,(H,21,22). The van der Waals surface area contributed by atoms with Crippen molar-refractivity contribution in [3.63, 3.8) is 0 Å². The van der Waals surface area contributed by atoms with Crippen LogP contribution in [0.4, 0.5) is 5.69 Å². The van der Waals surface area contributed by atoms with E-state index >= 15 is 0 Å². The van der Waals surface area contributed by atoms with Gasteiger partial charge in [0.25, 0.3) is 0 Å². The van der Waals surface area contributed by atoms with Crippen LogP contribution >= 0.6 is 0 Å². The highest BCUT2D eigenvalue weighted by Gasteiger charge is 2.19. The molecule has 1 saturated heterocycles. The summed E-state index contributed by atoms with van der Waals surface area (Å²) in [6.07, 6.45) is 0.998. The first-order valence-electron chi connectivity index (χ1n) is 9.56. The molecule has 0 saturated carbocycles. The van der Waals surface area contributed by atoms with E-state index < -0.39 is 0 Å². The Morgan fingerprint density at radius 1 is 1.15 bits per heavy atom. The van der Waals surface area contributed by atoms with Crippen molar-refractivity contribution in [2.45, 2.75) is 20.3 Å². The van der Waals surface area contributed by atoms with Crippen LogP contribution in [0, 0.1) is 5.92 Å². The summed E-state index contributed by atoms with van der Waals surface area (Å²) in [5.41, 5.74) is 1.25. The molecule has 0 amide bonds. The molecule has 1 aliphatic rings. The van der Waals surface area contributed by atoms with E-state index in [0.717, 1.165) is 64.1 Å². The second-order valence-electron chi connectivity index (χ2n) is 6.97. The third-order valence-corrected chi connectivity index (χ3v) is 4.43. The Morgan fingerprint density at radius 3 is 2.42 bits per heavy atom. The predicted molar refractivity (Wildman–Crippen MR) is 108 cm³/mol. The Bertz CT molecular complexity index is 537. The van der Waals surface area contributed by atoms with Gasteiger partial charge in [-0.15, -0.1) is 0 Å². The molecule has 146 valence electrons. The van der Waals surface area contributed by atoms with E-state index in [2.05, 4.69) is 46.1 Å². The Kier molecular flexibility index (Phi) is 8.54. The minimum Gasteiger partial charge on any atom is -0.497 e. The van der Waals surface area contributed by atoms with Gasteiger partial charge < -0.3 is 24.6 Å². The second-order valence-corrected chi connectivity index (χ2v) is 6.97. The highest BCUT2D eigenvalue weighted by molar-refractivity contribution is 5.80. The minimum absolute atomic E-state index is 0.595. The topological polar surface area (TPSA) is 49.3 Å². The molecule has 0 radical (unpaired) electrons. The molecule has 1 aromatic rings. The molecule has 6 nitrogen and oxygen atoms in total. The number of aliphatic imine (C=N–C) groups is 1. The van der Waals surface area contributed by atoms with Gasteiger partial charge in [-0.05, 0) is 36.6 Å². The molecular weight excluding hydrogens is 328 g/mol. The second kappa shape index (κ2) is 10.9. The van der Waals surface area contributed by atoms with Crippen molar-refractivity contribution < 1.29 is 9.47 Å².